The Hall–Kier alpha value is -2.09. The molecular weight excluding hydrogens is 296 g/mol. The van der Waals surface area contributed by atoms with Crippen LogP contribution in [0.1, 0.15) is 63.7 Å². The number of hydrogen-bond acceptors (Lipinski definition) is 2. The average Bonchev–Trinajstić information content (AvgIpc) is 2.88. The molecule has 1 aromatic carbocycles. The molecule has 24 heavy (non-hydrogen) atoms. The van der Waals surface area contributed by atoms with E-state index in [2.05, 4.69) is 32.9 Å². The van der Waals surface area contributed by atoms with Crippen molar-refractivity contribution in [3.05, 3.63) is 70.3 Å². The third-order valence-corrected chi connectivity index (χ3v) is 4.34. The number of benzene rings is 1. The van der Waals surface area contributed by atoms with E-state index in [1.165, 1.54) is 11.1 Å². The van der Waals surface area contributed by atoms with Crippen LogP contribution in [0.3, 0.4) is 0 Å². The molecular formula is C22H28O2. The fourth-order valence-corrected chi connectivity index (χ4v) is 2.89. The van der Waals surface area contributed by atoms with E-state index in [-0.39, 0.29) is 12.1 Å². The van der Waals surface area contributed by atoms with Crippen molar-refractivity contribution in [3.63, 3.8) is 0 Å². The Morgan fingerprint density at radius 1 is 1.12 bits per heavy atom. The van der Waals surface area contributed by atoms with Crippen LogP contribution in [0.2, 0.25) is 0 Å². The van der Waals surface area contributed by atoms with Gasteiger partial charge in [-0.1, -0.05) is 47.6 Å². The lowest BCUT2D eigenvalue weighted by Gasteiger charge is -2.10. The first-order valence-electron chi connectivity index (χ1n) is 8.73. The van der Waals surface area contributed by atoms with Crippen LogP contribution in [0.5, 0.6) is 0 Å². The van der Waals surface area contributed by atoms with Gasteiger partial charge in [0.2, 0.25) is 0 Å². The zero-order chi connectivity index (χ0) is 17.5. The molecule has 1 aliphatic heterocycles. The SMILES string of the molecule is CC(C)=CCC/C(C)=C/CCC1=C[C@H](c2ccccc2C)OC1=O. The number of esters is 1. The standard InChI is InChI=1S/C22H28O2/c1-16(2)9-7-10-17(3)11-8-13-19-15-21(24-22(19)23)20-14-6-5-12-18(20)4/h5-6,9,11-12,14-15,21H,7-8,10,13H2,1-4H3/b17-11+/t21-/m1/s1. The summed E-state index contributed by atoms with van der Waals surface area (Å²) in [5.41, 5.74) is 5.78. The zero-order valence-electron chi connectivity index (χ0n) is 15.3. The van der Waals surface area contributed by atoms with Crippen LogP contribution in [0.15, 0.2) is 59.2 Å². The predicted octanol–water partition coefficient (Wildman–Crippen LogP) is 5.99. The largest absolute Gasteiger partial charge is 0.450 e. The molecule has 2 nitrogen and oxygen atoms in total. The van der Waals surface area contributed by atoms with E-state index in [9.17, 15) is 4.79 Å². The van der Waals surface area contributed by atoms with Gasteiger partial charge < -0.3 is 4.74 Å². The van der Waals surface area contributed by atoms with Gasteiger partial charge in [0.05, 0.1) is 0 Å². The van der Waals surface area contributed by atoms with Gasteiger partial charge in [0.15, 0.2) is 0 Å². The maximum absolute atomic E-state index is 12.1. The predicted molar refractivity (Wildman–Crippen MR) is 99.8 cm³/mol. The number of ether oxygens (including phenoxy) is 1. The van der Waals surface area contributed by atoms with Gasteiger partial charge in [-0.25, -0.2) is 4.79 Å². The number of rotatable bonds is 7. The molecule has 0 saturated carbocycles. The van der Waals surface area contributed by atoms with Gasteiger partial charge in [0.25, 0.3) is 0 Å². The smallest absolute Gasteiger partial charge is 0.334 e. The second-order valence-corrected chi connectivity index (χ2v) is 6.78. The summed E-state index contributed by atoms with van der Waals surface area (Å²) in [7, 11) is 0. The van der Waals surface area contributed by atoms with E-state index in [1.54, 1.807) is 0 Å². The minimum atomic E-state index is -0.226. The summed E-state index contributed by atoms with van der Waals surface area (Å²) in [5.74, 6) is -0.168. The monoisotopic (exact) mass is 324 g/mol. The topological polar surface area (TPSA) is 26.3 Å². The van der Waals surface area contributed by atoms with E-state index in [4.69, 9.17) is 4.74 Å². The molecule has 1 aromatic rings. The molecule has 2 heteroatoms. The van der Waals surface area contributed by atoms with E-state index in [1.807, 2.05) is 37.3 Å². The molecule has 0 aromatic heterocycles. The number of aryl methyl sites for hydroxylation is 1. The summed E-state index contributed by atoms with van der Waals surface area (Å²) in [6, 6.07) is 8.07. The third kappa shape index (κ3) is 5.23. The van der Waals surface area contributed by atoms with Gasteiger partial charge >= 0.3 is 5.97 Å². The molecule has 0 radical (unpaired) electrons. The van der Waals surface area contributed by atoms with Crippen molar-refractivity contribution in [1.82, 2.24) is 0 Å². The van der Waals surface area contributed by atoms with Crippen molar-refractivity contribution in [2.24, 2.45) is 0 Å². The highest BCUT2D eigenvalue weighted by Gasteiger charge is 2.26. The van der Waals surface area contributed by atoms with Crippen molar-refractivity contribution in [2.45, 2.75) is 59.5 Å². The third-order valence-electron chi connectivity index (χ3n) is 4.34. The Bertz CT molecular complexity index is 673. The molecule has 0 bridgehead atoms. The van der Waals surface area contributed by atoms with E-state index >= 15 is 0 Å². The number of cyclic esters (lactones) is 1. The highest BCUT2D eigenvalue weighted by Crippen LogP contribution is 2.31. The quantitative estimate of drug-likeness (QED) is 0.454. The first kappa shape index (κ1) is 18.3. The van der Waals surface area contributed by atoms with Crippen LogP contribution in [-0.4, -0.2) is 5.97 Å². The van der Waals surface area contributed by atoms with Crippen LogP contribution >= 0.6 is 0 Å². The summed E-state index contributed by atoms with van der Waals surface area (Å²) in [4.78, 5) is 12.1. The van der Waals surface area contributed by atoms with Crippen molar-refractivity contribution >= 4 is 5.97 Å². The summed E-state index contributed by atoms with van der Waals surface area (Å²) < 4.78 is 5.53. The van der Waals surface area contributed by atoms with Crippen LogP contribution in [0.25, 0.3) is 0 Å². The lowest BCUT2D eigenvalue weighted by molar-refractivity contribution is -0.140. The molecule has 0 N–H and O–H groups in total. The Labute approximate surface area is 145 Å². The highest BCUT2D eigenvalue weighted by molar-refractivity contribution is 5.91. The first-order chi connectivity index (χ1) is 11.5. The zero-order valence-corrected chi connectivity index (χ0v) is 15.3. The molecule has 1 atom stereocenters. The van der Waals surface area contributed by atoms with Crippen LogP contribution in [0, 0.1) is 6.92 Å². The summed E-state index contributed by atoms with van der Waals surface area (Å²) in [5, 5.41) is 0. The van der Waals surface area contributed by atoms with Gasteiger partial charge in [-0.2, -0.15) is 0 Å². The Balaban J connectivity index is 1.90. The molecule has 0 aliphatic carbocycles. The number of hydrogen-bond donors (Lipinski definition) is 0. The Morgan fingerprint density at radius 3 is 2.58 bits per heavy atom. The second kappa shape index (κ2) is 8.68. The normalized spacial score (nSPS) is 17.5. The molecule has 0 unspecified atom stereocenters. The molecule has 128 valence electrons. The van der Waals surface area contributed by atoms with Crippen LogP contribution in [-0.2, 0) is 9.53 Å². The van der Waals surface area contributed by atoms with E-state index in [0.29, 0.717) is 0 Å². The summed E-state index contributed by atoms with van der Waals surface area (Å²) >= 11 is 0. The van der Waals surface area contributed by atoms with Crippen molar-refractivity contribution in [2.75, 3.05) is 0 Å². The Morgan fingerprint density at radius 2 is 1.88 bits per heavy atom. The van der Waals surface area contributed by atoms with Crippen LogP contribution in [0.4, 0.5) is 0 Å². The van der Waals surface area contributed by atoms with Gasteiger partial charge in [-0.3, -0.25) is 0 Å². The minimum absolute atomic E-state index is 0.168. The molecule has 0 fully saturated rings. The van der Waals surface area contributed by atoms with Gasteiger partial charge in [0, 0.05) is 5.57 Å². The highest BCUT2D eigenvalue weighted by atomic mass is 16.5. The second-order valence-electron chi connectivity index (χ2n) is 6.78. The van der Waals surface area contributed by atoms with Gasteiger partial charge in [-0.15, -0.1) is 0 Å². The fourth-order valence-electron chi connectivity index (χ4n) is 2.89. The molecule has 0 amide bonds. The van der Waals surface area contributed by atoms with E-state index in [0.717, 1.165) is 42.4 Å². The van der Waals surface area contributed by atoms with Crippen LogP contribution < -0.4 is 0 Å². The van der Waals surface area contributed by atoms with Crippen molar-refractivity contribution < 1.29 is 9.53 Å². The minimum Gasteiger partial charge on any atom is -0.450 e. The molecule has 1 aliphatic rings. The van der Waals surface area contributed by atoms with Gasteiger partial charge in [-0.05, 0) is 70.6 Å². The molecule has 1 heterocycles. The maximum Gasteiger partial charge on any atom is 0.334 e. The number of allylic oxidation sites excluding steroid dienone is 4. The molecule has 0 saturated heterocycles. The lowest BCUT2D eigenvalue weighted by Crippen LogP contribution is -2.03. The summed E-state index contributed by atoms with van der Waals surface area (Å²) in [6.45, 7) is 8.47. The fraction of sp³-hybridized carbons (Fsp3) is 0.409. The van der Waals surface area contributed by atoms with E-state index < -0.39 is 0 Å². The van der Waals surface area contributed by atoms with Crippen molar-refractivity contribution in [1.29, 1.82) is 0 Å². The number of carbonyl (C=O) groups excluding carboxylic acids is 1. The number of carbonyl (C=O) groups is 1. The molecule has 2 rings (SSSR count). The molecule has 0 spiro atoms. The maximum atomic E-state index is 12.1. The lowest BCUT2D eigenvalue weighted by atomic mass is 10.0. The Kier molecular flexibility index (Phi) is 6.60. The van der Waals surface area contributed by atoms with Crippen molar-refractivity contribution in [3.8, 4) is 0 Å². The average molecular weight is 324 g/mol. The summed E-state index contributed by atoms with van der Waals surface area (Å²) in [6.07, 6.45) is 10.1. The van der Waals surface area contributed by atoms with Gasteiger partial charge in [0.1, 0.15) is 6.10 Å². The first-order valence-corrected chi connectivity index (χ1v) is 8.73.